The Morgan fingerprint density at radius 1 is 0.594 bits per heavy atom. The highest BCUT2D eigenvalue weighted by Crippen LogP contribution is 2.34. The van der Waals surface area contributed by atoms with Crippen LogP contribution in [0.15, 0.2) is 97.1 Å². The monoisotopic (exact) mass is 424 g/mol. The molecule has 2 N–H and O–H groups in total. The minimum Gasteiger partial charge on any atom is -0.496 e. The van der Waals surface area contributed by atoms with Crippen molar-refractivity contribution in [3.05, 3.63) is 97.1 Å². The number of carbonyl (C=O) groups excluding carboxylic acids is 1. The highest BCUT2D eigenvalue weighted by molar-refractivity contribution is 6.00. The first-order chi connectivity index (χ1) is 15.7. The minimum atomic E-state index is -0.353. The molecule has 0 unspecified atom stereocenters. The Balaban J connectivity index is 1.49. The second kappa shape index (κ2) is 9.71. The van der Waals surface area contributed by atoms with Crippen molar-refractivity contribution in [3.63, 3.8) is 0 Å². The van der Waals surface area contributed by atoms with Crippen LogP contribution >= 0.6 is 0 Å². The highest BCUT2D eigenvalue weighted by atomic mass is 16.5. The summed E-state index contributed by atoms with van der Waals surface area (Å²) in [6.45, 7) is 0. The van der Waals surface area contributed by atoms with E-state index in [9.17, 15) is 4.79 Å². The molecule has 0 fully saturated rings. The van der Waals surface area contributed by atoms with Gasteiger partial charge in [-0.1, -0.05) is 60.7 Å². The van der Waals surface area contributed by atoms with Crippen LogP contribution in [0.1, 0.15) is 0 Å². The number of hydrogen-bond donors (Lipinski definition) is 2. The van der Waals surface area contributed by atoms with E-state index in [1.807, 2.05) is 84.9 Å². The summed E-state index contributed by atoms with van der Waals surface area (Å²) in [6.07, 6.45) is 0. The average molecular weight is 425 g/mol. The molecule has 0 heterocycles. The summed E-state index contributed by atoms with van der Waals surface area (Å²) >= 11 is 0. The van der Waals surface area contributed by atoms with Crippen molar-refractivity contribution in [1.82, 2.24) is 0 Å². The van der Waals surface area contributed by atoms with Gasteiger partial charge in [-0.15, -0.1) is 0 Å². The number of nitrogens with one attached hydrogen (secondary N) is 2. The zero-order valence-corrected chi connectivity index (χ0v) is 18.0. The molecule has 4 aromatic rings. The maximum Gasteiger partial charge on any atom is 0.323 e. The van der Waals surface area contributed by atoms with Gasteiger partial charge in [0.1, 0.15) is 11.5 Å². The molecule has 0 radical (unpaired) electrons. The largest absolute Gasteiger partial charge is 0.496 e. The Hall–Kier alpha value is -4.25. The van der Waals surface area contributed by atoms with Crippen LogP contribution in [0, 0.1) is 0 Å². The smallest absolute Gasteiger partial charge is 0.323 e. The molecule has 5 heteroatoms. The van der Waals surface area contributed by atoms with Crippen molar-refractivity contribution >= 4 is 17.4 Å². The van der Waals surface area contributed by atoms with Crippen molar-refractivity contribution in [2.45, 2.75) is 0 Å². The molecule has 2 amide bonds. The van der Waals surface area contributed by atoms with Crippen molar-refractivity contribution in [3.8, 4) is 33.8 Å². The molecular formula is C27H24N2O3. The first kappa shape index (κ1) is 21.0. The summed E-state index contributed by atoms with van der Waals surface area (Å²) < 4.78 is 11.1. The molecule has 4 aromatic carbocycles. The summed E-state index contributed by atoms with van der Waals surface area (Å²) in [5.41, 5.74) is 5.27. The number of methoxy groups -OCH3 is 2. The SMILES string of the molecule is COc1cc(NC(=O)Nc2ccc(-c3ccccc3)c(OC)c2)ccc1-c1ccccc1. The third kappa shape index (κ3) is 4.73. The van der Waals surface area contributed by atoms with Crippen LogP contribution in [-0.2, 0) is 0 Å². The van der Waals surface area contributed by atoms with E-state index in [1.165, 1.54) is 0 Å². The van der Waals surface area contributed by atoms with E-state index in [4.69, 9.17) is 9.47 Å². The number of urea groups is 1. The van der Waals surface area contributed by atoms with Crippen LogP contribution in [-0.4, -0.2) is 20.3 Å². The zero-order valence-electron chi connectivity index (χ0n) is 18.0. The van der Waals surface area contributed by atoms with Gasteiger partial charge in [-0.3, -0.25) is 0 Å². The fourth-order valence-electron chi connectivity index (χ4n) is 3.54. The standard InChI is InChI=1S/C27H24N2O3/c1-31-25-17-21(13-15-23(25)19-9-5-3-6-10-19)28-27(30)29-22-14-16-24(26(18-22)32-2)20-11-7-4-8-12-20/h3-18H,1-2H3,(H2,28,29,30). The van der Waals surface area contributed by atoms with Crippen molar-refractivity contribution in [2.75, 3.05) is 24.9 Å². The Kier molecular flexibility index (Phi) is 6.37. The van der Waals surface area contributed by atoms with Gasteiger partial charge in [0.15, 0.2) is 0 Å². The number of rotatable bonds is 6. The van der Waals surface area contributed by atoms with E-state index in [0.29, 0.717) is 22.9 Å². The van der Waals surface area contributed by atoms with E-state index in [0.717, 1.165) is 22.3 Å². The number of anilines is 2. The molecular weight excluding hydrogens is 400 g/mol. The fourth-order valence-corrected chi connectivity index (χ4v) is 3.54. The van der Waals surface area contributed by atoms with Crippen LogP contribution in [0.25, 0.3) is 22.3 Å². The van der Waals surface area contributed by atoms with Crippen molar-refractivity contribution in [1.29, 1.82) is 0 Å². The van der Waals surface area contributed by atoms with Gasteiger partial charge in [0, 0.05) is 34.6 Å². The summed E-state index contributed by atoms with van der Waals surface area (Å²) in [5.74, 6) is 1.37. The van der Waals surface area contributed by atoms with Gasteiger partial charge in [0.25, 0.3) is 0 Å². The zero-order chi connectivity index (χ0) is 22.3. The molecule has 5 nitrogen and oxygen atoms in total. The molecule has 0 atom stereocenters. The van der Waals surface area contributed by atoms with E-state index in [2.05, 4.69) is 10.6 Å². The van der Waals surface area contributed by atoms with Crippen LogP contribution in [0.3, 0.4) is 0 Å². The summed E-state index contributed by atoms with van der Waals surface area (Å²) in [5, 5.41) is 5.71. The lowest BCUT2D eigenvalue weighted by Crippen LogP contribution is -2.19. The Bertz CT molecular complexity index is 1110. The number of amides is 2. The van der Waals surface area contributed by atoms with E-state index in [1.54, 1.807) is 26.4 Å². The average Bonchev–Trinajstić information content (AvgIpc) is 2.85. The van der Waals surface area contributed by atoms with Crippen LogP contribution in [0.2, 0.25) is 0 Å². The van der Waals surface area contributed by atoms with Gasteiger partial charge in [-0.05, 0) is 35.4 Å². The molecule has 0 aliphatic heterocycles. The molecule has 0 saturated heterocycles. The van der Waals surface area contributed by atoms with Gasteiger partial charge in [0.2, 0.25) is 0 Å². The minimum absolute atomic E-state index is 0.353. The van der Waals surface area contributed by atoms with Crippen molar-refractivity contribution in [2.24, 2.45) is 0 Å². The summed E-state index contributed by atoms with van der Waals surface area (Å²) in [6, 6.07) is 30.7. The quantitative estimate of drug-likeness (QED) is 0.363. The number of ether oxygens (including phenoxy) is 2. The van der Waals surface area contributed by atoms with Gasteiger partial charge < -0.3 is 20.1 Å². The summed E-state index contributed by atoms with van der Waals surface area (Å²) in [4.78, 5) is 12.6. The summed E-state index contributed by atoms with van der Waals surface area (Å²) in [7, 11) is 3.23. The van der Waals surface area contributed by atoms with E-state index >= 15 is 0 Å². The highest BCUT2D eigenvalue weighted by Gasteiger charge is 2.11. The Labute approximate surface area is 187 Å². The molecule has 0 bridgehead atoms. The van der Waals surface area contributed by atoms with Crippen LogP contribution in [0.5, 0.6) is 11.5 Å². The van der Waals surface area contributed by atoms with Gasteiger partial charge in [-0.25, -0.2) is 4.79 Å². The first-order valence-electron chi connectivity index (χ1n) is 10.2. The second-order valence-corrected chi connectivity index (χ2v) is 7.14. The van der Waals surface area contributed by atoms with E-state index < -0.39 is 0 Å². The van der Waals surface area contributed by atoms with Crippen molar-refractivity contribution < 1.29 is 14.3 Å². The predicted octanol–water partition coefficient (Wildman–Crippen LogP) is 6.68. The molecule has 0 aliphatic carbocycles. The lowest BCUT2D eigenvalue weighted by Gasteiger charge is -2.14. The number of benzene rings is 4. The fraction of sp³-hybridized carbons (Fsp3) is 0.0741. The molecule has 0 aliphatic rings. The molecule has 0 spiro atoms. The molecule has 32 heavy (non-hydrogen) atoms. The molecule has 160 valence electrons. The lowest BCUT2D eigenvalue weighted by molar-refractivity contribution is 0.262. The Morgan fingerprint density at radius 3 is 1.38 bits per heavy atom. The topological polar surface area (TPSA) is 59.6 Å². The molecule has 0 saturated carbocycles. The third-order valence-electron chi connectivity index (χ3n) is 5.09. The van der Waals surface area contributed by atoms with Gasteiger partial charge >= 0.3 is 6.03 Å². The second-order valence-electron chi connectivity index (χ2n) is 7.14. The van der Waals surface area contributed by atoms with Gasteiger partial charge in [-0.2, -0.15) is 0 Å². The molecule has 0 aromatic heterocycles. The van der Waals surface area contributed by atoms with Gasteiger partial charge in [0.05, 0.1) is 14.2 Å². The Morgan fingerprint density at radius 2 is 1.00 bits per heavy atom. The first-order valence-corrected chi connectivity index (χ1v) is 10.2. The number of hydrogen-bond acceptors (Lipinski definition) is 3. The normalized spacial score (nSPS) is 10.3. The maximum absolute atomic E-state index is 12.6. The van der Waals surface area contributed by atoms with Crippen LogP contribution in [0.4, 0.5) is 16.2 Å². The maximum atomic E-state index is 12.6. The lowest BCUT2D eigenvalue weighted by atomic mass is 10.0. The van der Waals surface area contributed by atoms with Crippen LogP contribution < -0.4 is 20.1 Å². The third-order valence-corrected chi connectivity index (χ3v) is 5.09. The van der Waals surface area contributed by atoms with E-state index in [-0.39, 0.29) is 6.03 Å². The number of carbonyl (C=O) groups is 1. The predicted molar refractivity (Wildman–Crippen MR) is 130 cm³/mol. The molecule has 4 rings (SSSR count).